The van der Waals surface area contributed by atoms with E-state index in [1.807, 2.05) is 0 Å². The van der Waals surface area contributed by atoms with Crippen molar-refractivity contribution in [3.63, 3.8) is 0 Å². The third kappa shape index (κ3) is 4.31. The summed E-state index contributed by atoms with van der Waals surface area (Å²) in [5.74, 6) is -2.10. The summed E-state index contributed by atoms with van der Waals surface area (Å²) in [5, 5.41) is 7.12. The van der Waals surface area contributed by atoms with Crippen LogP contribution >= 0.6 is 22.9 Å². The molecule has 11 heteroatoms. The molecule has 0 bridgehead atoms. The number of nitrogens with zero attached hydrogens (tertiary/aromatic N) is 2. The van der Waals surface area contributed by atoms with Crippen LogP contribution in [0, 0.1) is 13.8 Å². The van der Waals surface area contributed by atoms with Crippen LogP contribution in [0.4, 0.5) is 0 Å². The maximum atomic E-state index is 13.1. The number of carbonyl (C=O) groups is 4. The van der Waals surface area contributed by atoms with E-state index in [0.29, 0.717) is 26.6 Å². The molecule has 33 heavy (non-hydrogen) atoms. The Morgan fingerprint density at radius 2 is 2.03 bits per heavy atom. The van der Waals surface area contributed by atoms with Crippen molar-refractivity contribution >= 4 is 57.3 Å². The number of hydrogen-bond acceptors (Lipinski definition) is 7. The maximum absolute atomic E-state index is 13.1. The zero-order chi connectivity index (χ0) is 23.9. The van der Waals surface area contributed by atoms with Gasteiger partial charge >= 0.3 is 0 Å². The smallest absolute Gasteiger partial charge is 0.292 e. The SMILES string of the molecule is Cc1ccc(C(=O)C(=O)NCc2scc3c(=O)n(C4CCC(=O)NC4=O)c(C)nc23)cc1Cl. The number of halogens is 1. The Hall–Kier alpha value is -3.37. The van der Waals surface area contributed by atoms with Crippen LogP contribution in [-0.4, -0.2) is 33.1 Å². The lowest BCUT2D eigenvalue weighted by atomic mass is 10.1. The van der Waals surface area contributed by atoms with Gasteiger partial charge in [-0.2, -0.15) is 0 Å². The molecule has 0 aliphatic carbocycles. The largest absolute Gasteiger partial charge is 0.344 e. The Bertz CT molecular complexity index is 1390. The zero-order valence-corrected chi connectivity index (χ0v) is 19.3. The molecule has 0 saturated carbocycles. The minimum absolute atomic E-state index is 0.00659. The molecule has 170 valence electrons. The first kappa shape index (κ1) is 22.8. The molecule has 3 aromatic rings. The fraction of sp³-hybridized carbons (Fsp3) is 0.273. The molecule has 9 nitrogen and oxygen atoms in total. The van der Waals surface area contributed by atoms with Crippen molar-refractivity contribution in [2.24, 2.45) is 0 Å². The lowest BCUT2D eigenvalue weighted by Gasteiger charge is -2.24. The molecule has 2 aromatic heterocycles. The average Bonchev–Trinajstić information content (AvgIpc) is 3.17. The van der Waals surface area contributed by atoms with Crippen molar-refractivity contribution in [3.05, 3.63) is 60.8 Å². The quantitative estimate of drug-likeness (QED) is 0.323. The van der Waals surface area contributed by atoms with E-state index in [9.17, 15) is 24.0 Å². The number of nitrogens with one attached hydrogen (secondary N) is 2. The molecule has 3 heterocycles. The highest BCUT2D eigenvalue weighted by Crippen LogP contribution is 2.25. The van der Waals surface area contributed by atoms with E-state index in [0.717, 1.165) is 5.56 Å². The highest BCUT2D eigenvalue weighted by molar-refractivity contribution is 7.11. The van der Waals surface area contributed by atoms with Crippen LogP contribution in [0.15, 0.2) is 28.4 Å². The predicted octanol–water partition coefficient (Wildman–Crippen LogP) is 2.21. The van der Waals surface area contributed by atoms with E-state index >= 15 is 0 Å². The monoisotopic (exact) mass is 486 g/mol. The third-order valence-electron chi connectivity index (χ3n) is 5.48. The molecule has 1 atom stereocenters. The van der Waals surface area contributed by atoms with Gasteiger partial charge in [0.1, 0.15) is 11.9 Å². The van der Waals surface area contributed by atoms with Crippen LogP contribution in [0.5, 0.6) is 0 Å². The summed E-state index contributed by atoms with van der Waals surface area (Å²) in [6, 6.07) is 3.83. The molecular weight excluding hydrogens is 468 g/mol. The van der Waals surface area contributed by atoms with Crippen molar-refractivity contribution in [2.45, 2.75) is 39.3 Å². The number of rotatable bonds is 5. The van der Waals surface area contributed by atoms with Crippen LogP contribution in [0.3, 0.4) is 0 Å². The number of aromatic nitrogens is 2. The molecule has 2 N–H and O–H groups in total. The standard InChI is InChI=1S/C22H19ClN4O5S/c1-10-3-4-12(7-14(10)23)19(29)21(31)24-8-16-18-13(9-33-16)22(32)27(11(2)25-18)15-5-6-17(28)26-20(15)30/h3-4,7,9,15H,5-6,8H2,1-2H3,(H,24,31)(H,26,28,30). The summed E-state index contributed by atoms with van der Waals surface area (Å²) in [6.45, 7) is 3.41. The molecule has 1 aromatic carbocycles. The van der Waals surface area contributed by atoms with Gasteiger partial charge in [-0.1, -0.05) is 23.7 Å². The minimum atomic E-state index is -0.811. The van der Waals surface area contributed by atoms with Gasteiger partial charge in [-0.3, -0.25) is 33.9 Å². The van der Waals surface area contributed by atoms with Crippen molar-refractivity contribution < 1.29 is 19.2 Å². The molecule has 1 aliphatic rings. The van der Waals surface area contributed by atoms with Crippen molar-refractivity contribution in [3.8, 4) is 0 Å². The second kappa shape index (κ2) is 8.87. The zero-order valence-electron chi connectivity index (χ0n) is 17.7. The van der Waals surface area contributed by atoms with E-state index in [2.05, 4.69) is 15.6 Å². The number of amides is 3. The van der Waals surface area contributed by atoms with Crippen LogP contribution in [0.2, 0.25) is 5.02 Å². The second-order valence-electron chi connectivity index (χ2n) is 7.70. The van der Waals surface area contributed by atoms with Crippen LogP contribution < -0.4 is 16.2 Å². The number of thiophene rings is 1. The Labute approximate surface area is 196 Å². The maximum Gasteiger partial charge on any atom is 0.292 e. The van der Waals surface area contributed by atoms with E-state index in [1.54, 1.807) is 25.3 Å². The minimum Gasteiger partial charge on any atom is -0.344 e. The van der Waals surface area contributed by atoms with Crippen molar-refractivity contribution in [1.29, 1.82) is 0 Å². The predicted molar refractivity (Wildman–Crippen MR) is 122 cm³/mol. The van der Waals surface area contributed by atoms with Gasteiger partial charge in [0.25, 0.3) is 11.5 Å². The Balaban J connectivity index is 1.56. The highest BCUT2D eigenvalue weighted by atomic mass is 35.5. The first-order valence-electron chi connectivity index (χ1n) is 10.1. The second-order valence-corrected chi connectivity index (χ2v) is 9.07. The van der Waals surface area contributed by atoms with E-state index in [4.69, 9.17) is 11.6 Å². The molecule has 1 unspecified atom stereocenters. The first-order valence-corrected chi connectivity index (χ1v) is 11.3. The Kier molecular flexibility index (Phi) is 6.13. The number of aryl methyl sites for hydroxylation is 2. The molecule has 1 saturated heterocycles. The van der Waals surface area contributed by atoms with Crippen LogP contribution in [0.1, 0.15) is 45.5 Å². The number of carbonyl (C=O) groups excluding carboxylic acids is 4. The number of benzene rings is 1. The lowest BCUT2D eigenvalue weighted by Crippen LogP contribution is -2.45. The van der Waals surface area contributed by atoms with E-state index in [-0.39, 0.29) is 30.9 Å². The lowest BCUT2D eigenvalue weighted by molar-refractivity contribution is -0.135. The van der Waals surface area contributed by atoms with Gasteiger partial charge in [0.15, 0.2) is 0 Å². The summed E-state index contributed by atoms with van der Waals surface area (Å²) in [4.78, 5) is 66.6. The number of hydrogen-bond donors (Lipinski definition) is 2. The van der Waals surface area contributed by atoms with Crippen molar-refractivity contribution in [2.75, 3.05) is 0 Å². The van der Waals surface area contributed by atoms with Gasteiger partial charge in [0.05, 0.1) is 22.3 Å². The molecule has 4 rings (SSSR count). The third-order valence-corrected chi connectivity index (χ3v) is 6.86. The van der Waals surface area contributed by atoms with Gasteiger partial charge in [0, 0.05) is 22.4 Å². The molecule has 0 radical (unpaired) electrons. The Morgan fingerprint density at radius 1 is 1.27 bits per heavy atom. The van der Waals surface area contributed by atoms with Gasteiger partial charge in [0.2, 0.25) is 17.6 Å². The van der Waals surface area contributed by atoms with Gasteiger partial charge in [-0.25, -0.2) is 4.98 Å². The van der Waals surface area contributed by atoms with Crippen molar-refractivity contribution in [1.82, 2.24) is 20.2 Å². The number of ketones is 1. The molecular formula is C22H19ClN4O5S. The summed E-state index contributed by atoms with van der Waals surface area (Å²) in [5.41, 5.74) is 0.978. The average molecular weight is 487 g/mol. The summed E-state index contributed by atoms with van der Waals surface area (Å²) < 4.78 is 1.30. The molecule has 1 aliphatic heterocycles. The number of piperidine rings is 1. The topological polar surface area (TPSA) is 127 Å². The van der Waals surface area contributed by atoms with E-state index in [1.165, 1.54) is 28.0 Å². The number of imide groups is 1. The van der Waals surface area contributed by atoms with Gasteiger partial charge < -0.3 is 5.32 Å². The van der Waals surface area contributed by atoms with Crippen LogP contribution in [0.25, 0.3) is 10.9 Å². The number of fused-ring (bicyclic) bond motifs is 1. The number of Topliss-reactive ketones (excluding diaryl/α,β-unsaturated/α-hetero) is 1. The summed E-state index contributed by atoms with van der Waals surface area (Å²) in [6.07, 6.45) is 0.359. The normalized spacial score (nSPS) is 16.0. The summed E-state index contributed by atoms with van der Waals surface area (Å²) in [7, 11) is 0. The van der Waals surface area contributed by atoms with E-state index < -0.39 is 29.2 Å². The highest BCUT2D eigenvalue weighted by Gasteiger charge is 2.31. The fourth-order valence-corrected chi connectivity index (χ4v) is 4.76. The fourth-order valence-electron chi connectivity index (χ4n) is 3.69. The van der Waals surface area contributed by atoms with Gasteiger partial charge in [-0.15, -0.1) is 11.3 Å². The molecule has 1 fully saturated rings. The van der Waals surface area contributed by atoms with Crippen LogP contribution in [-0.2, 0) is 20.9 Å². The summed E-state index contributed by atoms with van der Waals surface area (Å²) >= 11 is 7.26. The Morgan fingerprint density at radius 3 is 2.73 bits per heavy atom. The molecule has 0 spiro atoms. The molecule has 3 amide bonds. The van der Waals surface area contributed by atoms with Gasteiger partial charge in [-0.05, 0) is 31.9 Å². The first-order chi connectivity index (χ1) is 15.7.